The lowest BCUT2D eigenvalue weighted by Crippen LogP contribution is -2.14. The molecule has 0 aliphatic carbocycles. The largest absolute Gasteiger partial charge is 0.325 e. The molecule has 4 nitrogen and oxygen atoms in total. The predicted molar refractivity (Wildman–Crippen MR) is 101 cm³/mol. The van der Waals surface area contributed by atoms with E-state index in [1.165, 1.54) is 22.9 Å². The highest BCUT2D eigenvalue weighted by molar-refractivity contribution is 7.99. The van der Waals surface area contributed by atoms with Crippen LogP contribution in [0.1, 0.15) is 18.1 Å². The molecule has 3 rings (SSSR count). The minimum Gasteiger partial charge on any atom is -0.325 e. The number of thioether (sulfide) groups is 1. The molecule has 1 amide bonds. The summed E-state index contributed by atoms with van der Waals surface area (Å²) in [5.74, 6) is 0.328. The minimum absolute atomic E-state index is 0.0158. The molecule has 0 saturated carbocycles. The van der Waals surface area contributed by atoms with Crippen molar-refractivity contribution in [3.8, 4) is 0 Å². The second kappa shape index (κ2) is 7.09. The van der Waals surface area contributed by atoms with Crippen molar-refractivity contribution in [1.29, 1.82) is 0 Å². The second-order valence-electron chi connectivity index (χ2n) is 5.76. The number of carbonyl (C=O) groups is 1. The zero-order chi connectivity index (χ0) is 17.1. The van der Waals surface area contributed by atoms with Crippen LogP contribution in [0.5, 0.6) is 0 Å². The van der Waals surface area contributed by atoms with E-state index in [-0.39, 0.29) is 5.91 Å². The summed E-state index contributed by atoms with van der Waals surface area (Å²) in [6.07, 6.45) is 0. The number of carbonyl (C=O) groups excluding carboxylic acids is 1. The standard InChI is InChI=1S/C19H21N3OS/c1-4-22-17-8-6-5-7-16(17)21-19(22)24-12-18(23)20-15-10-9-13(2)14(3)11-15/h5-11H,4,12H2,1-3H3,(H,20,23). The first kappa shape index (κ1) is 16.6. The number of fused-ring (bicyclic) bond motifs is 1. The van der Waals surface area contributed by atoms with Gasteiger partial charge in [0.2, 0.25) is 5.91 Å². The van der Waals surface area contributed by atoms with E-state index in [2.05, 4.69) is 34.8 Å². The monoisotopic (exact) mass is 339 g/mol. The summed E-state index contributed by atoms with van der Waals surface area (Å²) in [6, 6.07) is 14.0. The fourth-order valence-electron chi connectivity index (χ4n) is 2.62. The van der Waals surface area contributed by atoms with Crippen molar-refractivity contribution in [3.05, 3.63) is 53.6 Å². The van der Waals surface area contributed by atoms with Crippen LogP contribution in [0.2, 0.25) is 0 Å². The molecule has 24 heavy (non-hydrogen) atoms. The molecule has 1 aromatic heterocycles. The van der Waals surface area contributed by atoms with Crippen molar-refractivity contribution < 1.29 is 4.79 Å². The van der Waals surface area contributed by atoms with Gasteiger partial charge in [-0.3, -0.25) is 4.79 Å². The van der Waals surface area contributed by atoms with E-state index in [9.17, 15) is 4.79 Å². The lowest BCUT2D eigenvalue weighted by Gasteiger charge is -2.08. The Bertz CT molecular complexity index is 885. The Labute approximate surface area is 146 Å². The Morgan fingerprint density at radius 1 is 1.17 bits per heavy atom. The van der Waals surface area contributed by atoms with E-state index >= 15 is 0 Å². The maximum atomic E-state index is 12.2. The molecule has 0 unspecified atom stereocenters. The van der Waals surface area contributed by atoms with Gasteiger partial charge in [-0.05, 0) is 56.2 Å². The number of rotatable bonds is 5. The number of benzene rings is 2. The topological polar surface area (TPSA) is 46.9 Å². The molecule has 124 valence electrons. The van der Waals surface area contributed by atoms with Crippen molar-refractivity contribution >= 4 is 34.4 Å². The summed E-state index contributed by atoms with van der Waals surface area (Å²) in [6.45, 7) is 7.03. The number of hydrogen-bond donors (Lipinski definition) is 1. The summed E-state index contributed by atoms with van der Waals surface area (Å²) < 4.78 is 2.14. The lowest BCUT2D eigenvalue weighted by molar-refractivity contribution is -0.113. The van der Waals surface area contributed by atoms with Gasteiger partial charge in [0.05, 0.1) is 16.8 Å². The van der Waals surface area contributed by atoms with Gasteiger partial charge in [-0.2, -0.15) is 0 Å². The molecule has 1 heterocycles. The molecule has 1 N–H and O–H groups in total. The van der Waals surface area contributed by atoms with E-state index in [1.54, 1.807) is 0 Å². The normalized spacial score (nSPS) is 11.0. The number of anilines is 1. The van der Waals surface area contributed by atoms with Gasteiger partial charge in [-0.1, -0.05) is 30.0 Å². The molecule has 3 aromatic rings. The zero-order valence-corrected chi connectivity index (χ0v) is 15.0. The fourth-order valence-corrected chi connectivity index (χ4v) is 3.49. The molecular weight excluding hydrogens is 318 g/mol. The summed E-state index contributed by atoms with van der Waals surface area (Å²) in [4.78, 5) is 16.9. The molecule has 0 fully saturated rings. The molecule has 0 radical (unpaired) electrons. The third-order valence-corrected chi connectivity index (χ3v) is 5.04. The third kappa shape index (κ3) is 3.46. The first-order chi connectivity index (χ1) is 11.6. The smallest absolute Gasteiger partial charge is 0.234 e. The van der Waals surface area contributed by atoms with Gasteiger partial charge in [0.1, 0.15) is 0 Å². The van der Waals surface area contributed by atoms with Gasteiger partial charge in [0, 0.05) is 12.2 Å². The molecule has 0 bridgehead atoms. The number of nitrogens with zero attached hydrogens (tertiary/aromatic N) is 2. The van der Waals surface area contributed by atoms with Crippen molar-refractivity contribution in [3.63, 3.8) is 0 Å². The van der Waals surface area contributed by atoms with Crippen LogP contribution in [0.25, 0.3) is 11.0 Å². The summed E-state index contributed by atoms with van der Waals surface area (Å²) in [5, 5.41) is 3.84. The van der Waals surface area contributed by atoms with Crippen LogP contribution in [-0.2, 0) is 11.3 Å². The first-order valence-electron chi connectivity index (χ1n) is 8.03. The van der Waals surface area contributed by atoms with Crippen LogP contribution in [0.15, 0.2) is 47.6 Å². The second-order valence-corrected chi connectivity index (χ2v) is 6.71. The van der Waals surface area contributed by atoms with Gasteiger partial charge in [-0.15, -0.1) is 0 Å². The Morgan fingerprint density at radius 2 is 1.96 bits per heavy atom. The number of aromatic nitrogens is 2. The highest BCUT2D eigenvalue weighted by Gasteiger charge is 2.12. The molecule has 2 aromatic carbocycles. The molecule has 0 aliphatic rings. The quantitative estimate of drug-likeness (QED) is 0.701. The fraction of sp³-hybridized carbons (Fsp3) is 0.263. The highest BCUT2D eigenvalue weighted by atomic mass is 32.2. The van der Waals surface area contributed by atoms with E-state index in [4.69, 9.17) is 0 Å². The number of hydrogen-bond acceptors (Lipinski definition) is 3. The van der Waals surface area contributed by atoms with Gasteiger partial charge < -0.3 is 9.88 Å². The number of nitrogens with one attached hydrogen (secondary N) is 1. The molecule has 0 spiro atoms. The van der Waals surface area contributed by atoms with Crippen LogP contribution in [0, 0.1) is 13.8 Å². The maximum absolute atomic E-state index is 12.2. The SMILES string of the molecule is CCn1c(SCC(=O)Nc2ccc(C)c(C)c2)nc2ccccc21. The summed E-state index contributed by atoms with van der Waals surface area (Å²) in [5.41, 5.74) is 5.31. The summed E-state index contributed by atoms with van der Waals surface area (Å²) >= 11 is 1.47. The van der Waals surface area contributed by atoms with E-state index in [0.29, 0.717) is 5.75 Å². The van der Waals surface area contributed by atoms with Crippen LogP contribution >= 0.6 is 11.8 Å². The lowest BCUT2D eigenvalue weighted by atomic mass is 10.1. The average Bonchev–Trinajstić information content (AvgIpc) is 2.94. The number of aryl methyl sites for hydroxylation is 3. The average molecular weight is 339 g/mol. The molecule has 0 aliphatic heterocycles. The van der Waals surface area contributed by atoms with Crippen LogP contribution in [0.4, 0.5) is 5.69 Å². The first-order valence-corrected chi connectivity index (χ1v) is 9.02. The van der Waals surface area contributed by atoms with Crippen molar-refractivity contribution in [1.82, 2.24) is 9.55 Å². The van der Waals surface area contributed by atoms with E-state index in [0.717, 1.165) is 28.4 Å². The van der Waals surface area contributed by atoms with Crippen molar-refractivity contribution in [2.45, 2.75) is 32.5 Å². The summed E-state index contributed by atoms with van der Waals surface area (Å²) in [7, 11) is 0. The predicted octanol–water partition coefficient (Wildman–Crippen LogP) is 4.40. The van der Waals surface area contributed by atoms with Crippen molar-refractivity contribution in [2.24, 2.45) is 0 Å². The number of para-hydroxylation sites is 2. The Hall–Kier alpha value is -2.27. The van der Waals surface area contributed by atoms with Gasteiger partial charge in [0.25, 0.3) is 0 Å². The molecular formula is C19H21N3OS. The van der Waals surface area contributed by atoms with E-state index in [1.807, 2.05) is 43.3 Å². The Balaban J connectivity index is 1.69. The van der Waals surface area contributed by atoms with Gasteiger partial charge >= 0.3 is 0 Å². The Kier molecular flexibility index (Phi) is 4.90. The molecule has 5 heteroatoms. The number of imidazole rings is 1. The van der Waals surface area contributed by atoms with Gasteiger partial charge in [-0.25, -0.2) is 4.98 Å². The van der Waals surface area contributed by atoms with Crippen LogP contribution in [-0.4, -0.2) is 21.2 Å². The van der Waals surface area contributed by atoms with Gasteiger partial charge in [0.15, 0.2) is 5.16 Å². The van der Waals surface area contributed by atoms with Crippen LogP contribution in [0.3, 0.4) is 0 Å². The molecule has 0 atom stereocenters. The number of amides is 1. The maximum Gasteiger partial charge on any atom is 0.234 e. The Morgan fingerprint density at radius 3 is 2.71 bits per heavy atom. The highest BCUT2D eigenvalue weighted by Crippen LogP contribution is 2.24. The van der Waals surface area contributed by atoms with E-state index < -0.39 is 0 Å². The molecule has 0 saturated heterocycles. The van der Waals surface area contributed by atoms with Crippen LogP contribution < -0.4 is 5.32 Å². The minimum atomic E-state index is -0.0158. The van der Waals surface area contributed by atoms with Crippen molar-refractivity contribution in [2.75, 3.05) is 11.1 Å². The zero-order valence-electron chi connectivity index (χ0n) is 14.2. The third-order valence-electron chi connectivity index (χ3n) is 4.06.